The van der Waals surface area contributed by atoms with Gasteiger partial charge in [0.05, 0.1) is 6.54 Å². The molecule has 3 unspecified atom stereocenters. The van der Waals surface area contributed by atoms with Gasteiger partial charge >= 0.3 is 5.97 Å². The third kappa shape index (κ3) is 4.38. The molecule has 0 radical (unpaired) electrons. The van der Waals surface area contributed by atoms with E-state index < -0.39 is 12.0 Å². The van der Waals surface area contributed by atoms with Gasteiger partial charge in [0.25, 0.3) is 0 Å². The number of hydrogen-bond acceptors (Lipinski definition) is 3. The van der Waals surface area contributed by atoms with Crippen LogP contribution in [-0.4, -0.2) is 52.5 Å². The molecule has 1 aromatic rings. The van der Waals surface area contributed by atoms with Gasteiger partial charge in [-0.3, -0.25) is 14.5 Å². The highest BCUT2D eigenvalue weighted by Gasteiger charge is 2.45. The van der Waals surface area contributed by atoms with Crippen LogP contribution in [0.5, 0.6) is 0 Å². The minimum atomic E-state index is -0.788. The van der Waals surface area contributed by atoms with E-state index in [1.807, 2.05) is 36.1 Å². The molecule has 0 bridgehead atoms. The Morgan fingerprint density at radius 3 is 2.62 bits per heavy atom. The first kappa shape index (κ1) is 20.7. The van der Waals surface area contributed by atoms with Crippen molar-refractivity contribution in [2.45, 2.75) is 57.7 Å². The second-order valence-corrected chi connectivity index (χ2v) is 7.55. The summed E-state index contributed by atoms with van der Waals surface area (Å²) in [6, 6.07) is 7.79. The molecule has 3 atom stereocenters. The molecule has 144 valence electrons. The molecular formula is C20H29ClN2O3. The monoisotopic (exact) mass is 380 g/mol. The molecule has 1 aliphatic heterocycles. The minimum absolute atomic E-state index is 0. The zero-order valence-electron chi connectivity index (χ0n) is 15.6. The van der Waals surface area contributed by atoms with Crippen LogP contribution in [0.25, 0.3) is 0 Å². The Bertz CT molecular complexity index is 652. The number of nitrogens with zero attached hydrogens (tertiary/aromatic N) is 2. The Labute approximate surface area is 161 Å². The molecule has 1 aromatic carbocycles. The number of hydrogen-bond donors (Lipinski definition) is 1. The minimum Gasteiger partial charge on any atom is -0.480 e. The van der Waals surface area contributed by atoms with E-state index in [0.717, 1.165) is 24.8 Å². The van der Waals surface area contributed by atoms with E-state index in [1.165, 1.54) is 12.0 Å². The number of benzene rings is 1. The lowest BCUT2D eigenvalue weighted by Crippen LogP contribution is -2.47. The number of likely N-dealkylation sites (tertiary alicyclic amines) is 1. The molecule has 26 heavy (non-hydrogen) atoms. The summed E-state index contributed by atoms with van der Waals surface area (Å²) in [7, 11) is 1.80. The van der Waals surface area contributed by atoms with E-state index in [9.17, 15) is 14.7 Å². The van der Waals surface area contributed by atoms with Crippen molar-refractivity contribution in [3.05, 3.63) is 35.4 Å². The topological polar surface area (TPSA) is 60.9 Å². The molecule has 0 aromatic heterocycles. The highest BCUT2D eigenvalue weighted by molar-refractivity contribution is 5.85. The van der Waals surface area contributed by atoms with Crippen LogP contribution in [0.4, 0.5) is 0 Å². The third-order valence-corrected chi connectivity index (χ3v) is 5.92. The molecule has 2 fully saturated rings. The van der Waals surface area contributed by atoms with Gasteiger partial charge in [0, 0.05) is 19.6 Å². The van der Waals surface area contributed by atoms with Gasteiger partial charge in [-0.25, -0.2) is 0 Å². The van der Waals surface area contributed by atoms with Crippen LogP contribution in [0.1, 0.15) is 43.2 Å². The maximum atomic E-state index is 12.7. The largest absolute Gasteiger partial charge is 0.480 e. The number of likely N-dealkylation sites (N-methyl/N-ethyl adjacent to an activating group) is 1. The summed E-state index contributed by atoms with van der Waals surface area (Å²) >= 11 is 0. The zero-order valence-corrected chi connectivity index (χ0v) is 16.4. The predicted octanol–water partition coefficient (Wildman–Crippen LogP) is 3.09. The molecule has 1 N–H and O–H groups in total. The van der Waals surface area contributed by atoms with Crippen molar-refractivity contribution in [2.75, 3.05) is 13.6 Å². The first-order chi connectivity index (χ1) is 12.0. The fourth-order valence-electron chi connectivity index (χ4n) is 4.43. The number of rotatable bonds is 5. The van der Waals surface area contributed by atoms with Crippen molar-refractivity contribution in [3.63, 3.8) is 0 Å². The quantitative estimate of drug-likeness (QED) is 0.852. The van der Waals surface area contributed by atoms with Gasteiger partial charge in [-0.15, -0.1) is 12.4 Å². The van der Waals surface area contributed by atoms with Crippen LogP contribution in [0.2, 0.25) is 0 Å². The molecule has 1 aliphatic carbocycles. The number of halogens is 1. The summed E-state index contributed by atoms with van der Waals surface area (Å²) < 4.78 is 0. The number of amides is 1. The summed E-state index contributed by atoms with van der Waals surface area (Å²) in [6.07, 6.45) is 5.12. The Morgan fingerprint density at radius 1 is 1.23 bits per heavy atom. The van der Waals surface area contributed by atoms with Gasteiger partial charge in [-0.1, -0.05) is 37.1 Å². The zero-order chi connectivity index (χ0) is 18.0. The number of carboxylic acid groups (broad SMARTS) is 1. The Hall–Kier alpha value is -1.59. The number of aryl methyl sites for hydroxylation is 1. The van der Waals surface area contributed by atoms with E-state index in [0.29, 0.717) is 18.9 Å². The lowest BCUT2D eigenvalue weighted by Gasteiger charge is -2.33. The normalized spacial score (nSPS) is 25.2. The van der Waals surface area contributed by atoms with Crippen molar-refractivity contribution in [3.8, 4) is 0 Å². The Kier molecular flexibility index (Phi) is 7.07. The Balaban J connectivity index is 0.00000243. The van der Waals surface area contributed by atoms with Crippen LogP contribution in [0.15, 0.2) is 24.3 Å². The van der Waals surface area contributed by atoms with Crippen molar-refractivity contribution < 1.29 is 14.7 Å². The number of aliphatic carboxylic acids is 1. The number of carboxylic acids is 1. The predicted molar refractivity (Wildman–Crippen MR) is 103 cm³/mol. The molecule has 1 amide bonds. The van der Waals surface area contributed by atoms with Gasteiger partial charge in [0.2, 0.25) is 5.91 Å². The van der Waals surface area contributed by atoms with E-state index in [-0.39, 0.29) is 30.9 Å². The first-order valence-electron chi connectivity index (χ1n) is 9.24. The van der Waals surface area contributed by atoms with E-state index in [4.69, 9.17) is 0 Å². The van der Waals surface area contributed by atoms with Gasteiger partial charge in [-0.2, -0.15) is 0 Å². The van der Waals surface area contributed by atoms with Crippen LogP contribution >= 0.6 is 12.4 Å². The molecule has 1 saturated heterocycles. The number of carbonyl (C=O) groups excluding carboxylic acids is 1. The molecule has 6 heteroatoms. The number of carbonyl (C=O) groups is 2. The molecule has 3 rings (SSSR count). The molecular weight excluding hydrogens is 352 g/mol. The standard InChI is InChI=1S/C20H28N2O3.ClH/c1-14-7-3-4-9-16(14)12-21(2)19(23)13-22-17-10-6-5-8-15(17)11-18(22)20(24)25;/h3-4,7,9,15,17-18H,5-6,8,10-13H2,1-2H3,(H,24,25);1H. The summed E-state index contributed by atoms with van der Waals surface area (Å²) in [4.78, 5) is 28.1. The van der Waals surface area contributed by atoms with Gasteiger partial charge in [-0.05, 0) is 43.2 Å². The van der Waals surface area contributed by atoms with Gasteiger partial charge < -0.3 is 10.0 Å². The first-order valence-corrected chi connectivity index (χ1v) is 9.24. The molecule has 1 heterocycles. The van der Waals surface area contributed by atoms with Crippen LogP contribution in [0, 0.1) is 12.8 Å². The number of fused-ring (bicyclic) bond motifs is 1. The van der Waals surface area contributed by atoms with Gasteiger partial charge in [0.15, 0.2) is 0 Å². The second-order valence-electron chi connectivity index (χ2n) is 7.55. The highest BCUT2D eigenvalue weighted by Crippen LogP contribution is 2.39. The van der Waals surface area contributed by atoms with Crippen molar-refractivity contribution in [1.82, 2.24) is 9.80 Å². The van der Waals surface area contributed by atoms with Crippen LogP contribution < -0.4 is 0 Å². The Morgan fingerprint density at radius 2 is 1.92 bits per heavy atom. The molecule has 0 spiro atoms. The average molecular weight is 381 g/mol. The summed E-state index contributed by atoms with van der Waals surface area (Å²) in [6.45, 7) is 2.81. The molecule has 5 nitrogen and oxygen atoms in total. The lowest BCUT2D eigenvalue weighted by molar-refractivity contribution is -0.144. The molecule has 2 aliphatic rings. The van der Waals surface area contributed by atoms with Gasteiger partial charge in [0.1, 0.15) is 6.04 Å². The second kappa shape index (κ2) is 8.87. The van der Waals surface area contributed by atoms with E-state index in [1.54, 1.807) is 11.9 Å². The highest BCUT2D eigenvalue weighted by atomic mass is 35.5. The van der Waals surface area contributed by atoms with E-state index >= 15 is 0 Å². The van der Waals surface area contributed by atoms with Crippen molar-refractivity contribution in [2.24, 2.45) is 5.92 Å². The maximum Gasteiger partial charge on any atom is 0.320 e. The van der Waals surface area contributed by atoms with Crippen molar-refractivity contribution >= 4 is 24.3 Å². The van der Waals surface area contributed by atoms with Crippen LogP contribution in [0.3, 0.4) is 0 Å². The summed E-state index contributed by atoms with van der Waals surface area (Å²) in [5.41, 5.74) is 2.30. The molecule has 1 saturated carbocycles. The maximum absolute atomic E-state index is 12.7. The SMILES string of the molecule is Cc1ccccc1CN(C)C(=O)CN1C(C(=O)O)CC2CCCCC21.Cl. The average Bonchev–Trinajstić information content (AvgIpc) is 2.96. The smallest absolute Gasteiger partial charge is 0.320 e. The van der Waals surface area contributed by atoms with Crippen molar-refractivity contribution in [1.29, 1.82) is 0 Å². The lowest BCUT2D eigenvalue weighted by atomic mass is 9.85. The summed E-state index contributed by atoms with van der Waals surface area (Å²) in [5, 5.41) is 9.59. The fourth-order valence-corrected chi connectivity index (χ4v) is 4.43. The third-order valence-electron chi connectivity index (χ3n) is 5.92. The van der Waals surface area contributed by atoms with E-state index in [2.05, 4.69) is 0 Å². The van der Waals surface area contributed by atoms with Crippen LogP contribution in [-0.2, 0) is 16.1 Å². The summed E-state index contributed by atoms with van der Waals surface area (Å²) in [5.74, 6) is -0.353. The fraction of sp³-hybridized carbons (Fsp3) is 0.600.